The molecule has 2 rings (SSSR count). The first-order chi connectivity index (χ1) is 15.7. The highest BCUT2D eigenvalue weighted by molar-refractivity contribution is 7.94. The smallest absolute Gasteiger partial charge is 0.351 e. The van der Waals surface area contributed by atoms with Crippen molar-refractivity contribution >= 4 is 17.7 Å². The average Bonchev–Trinajstić information content (AvgIpc) is 2.76. The Bertz CT molecular complexity index is 1010. The summed E-state index contributed by atoms with van der Waals surface area (Å²) in [6.07, 6.45) is 3.96. The van der Waals surface area contributed by atoms with E-state index < -0.39 is 22.7 Å². The summed E-state index contributed by atoms with van der Waals surface area (Å²) in [5, 5.41) is 0. The van der Waals surface area contributed by atoms with Gasteiger partial charge in [-0.05, 0) is 75.3 Å². The molecule has 2 aromatic carbocycles. The van der Waals surface area contributed by atoms with Gasteiger partial charge in [0.15, 0.2) is 4.99 Å². The number of unbranched alkanes of at least 4 members (excludes halogenated alkanes) is 1. The molecular weight excluding hydrogens is 463 g/mol. The van der Waals surface area contributed by atoms with Gasteiger partial charge in [0.25, 0.3) is 10.1 Å². The summed E-state index contributed by atoms with van der Waals surface area (Å²) in [6, 6.07) is 15.5. The zero-order chi connectivity index (χ0) is 24.3. The third-order valence-corrected chi connectivity index (χ3v) is 9.83. The summed E-state index contributed by atoms with van der Waals surface area (Å²) in [7, 11) is -8.63. The molecule has 0 fully saturated rings. The van der Waals surface area contributed by atoms with Crippen LogP contribution in [-0.2, 0) is 36.6 Å². The zero-order valence-electron chi connectivity index (χ0n) is 19.6. The van der Waals surface area contributed by atoms with Crippen LogP contribution in [0, 0.1) is 0 Å². The van der Waals surface area contributed by atoms with Crippen molar-refractivity contribution in [1.82, 2.24) is 0 Å². The second kappa shape index (κ2) is 13.3. The van der Waals surface area contributed by atoms with Gasteiger partial charge in [0, 0.05) is 0 Å². The van der Waals surface area contributed by atoms with Gasteiger partial charge < -0.3 is 13.8 Å². The topological polar surface area (TPSA) is 99.1 Å². The number of para-hydroxylation sites is 1. The lowest BCUT2D eigenvalue weighted by Crippen LogP contribution is -2.23. The summed E-state index contributed by atoms with van der Waals surface area (Å²) >= 11 is 0. The number of hydrogen-bond donors (Lipinski definition) is 1. The van der Waals surface area contributed by atoms with Crippen LogP contribution in [0.5, 0.6) is 11.5 Å². The number of aryl methyl sites for hydroxylation is 2. The van der Waals surface area contributed by atoms with Gasteiger partial charge >= 0.3 is 7.60 Å². The SMILES string of the molecule is CCCCc1ccccc1Oc1cccc(CCCC(P(=O)(OCC)OCC)S(=O)(=O)O)c1. The Morgan fingerprint density at radius 1 is 0.939 bits per heavy atom. The monoisotopic (exact) mass is 498 g/mol. The molecule has 0 saturated carbocycles. The summed E-state index contributed by atoms with van der Waals surface area (Å²) in [6.45, 7) is 5.38. The van der Waals surface area contributed by atoms with E-state index in [2.05, 4.69) is 13.0 Å². The number of hydrogen-bond acceptors (Lipinski definition) is 6. The molecule has 0 bridgehead atoms. The quantitative estimate of drug-likeness (QED) is 0.217. The van der Waals surface area contributed by atoms with Crippen molar-refractivity contribution in [3.63, 3.8) is 0 Å². The van der Waals surface area contributed by atoms with Crippen molar-refractivity contribution in [1.29, 1.82) is 0 Å². The second-order valence-electron chi connectivity index (χ2n) is 7.70. The van der Waals surface area contributed by atoms with E-state index in [4.69, 9.17) is 13.8 Å². The van der Waals surface area contributed by atoms with Gasteiger partial charge in [-0.25, -0.2) is 0 Å². The van der Waals surface area contributed by atoms with Crippen LogP contribution in [0.15, 0.2) is 48.5 Å². The van der Waals surface area contributed by atoms with Crippen LogP contribution in [0.2, 0.25) is 0 Å². The molecule has 0 spiro atoms. The van der Waals surface area contributed by atoms with E-state index in [-0.39, 0.29) is 19.6 Å². The van der Waals surface area contributed by atoms with Crippen LogP contribution in [0.3, 0.4) is 0 Å². The molecule has 9 heteroatoms. The highest BCUT2D eigenvalue weighted by Gasteiger charge is 2.44. The fourth-order valence-electron chi connectivity index (χ4n) is 3.58. The summed E-state index contributed by atoms with van der Waals surface area (Å²) in [4.78, 5) is -1.62. The molecule has 1 N–H and O–H groups in total. The molecule has 2 aromatic rings. The van der Waals surface area contributed by atoms with Crippen molar-refractivity contribution in [3.8, 4) is 11.5 Å². The van der Waals surface area contributed by atoms with Crippen LogP contribution in [-0.4, -0.2) is 31.2 Å². The van der Waals surface area contributed by atoms with Gasteiger partial charge in [-0.2, -0.15) is 8.42 Å². The minimum atomic E-state index is -4.62. The number of benzene rings is 2. The first kappa shape index (κ1) is 27.5. The largest absolute Gasteiger partial charge is 0.457 e. The summed E-state index contributed by atoms with van der Waals surface area (Å²) in [5.74, 6) is 1.51. The van der Waals surface area contributed by atoms with E-state index >= 15 is 0 Å². The van der Waals surface area contributed by atoms with Crippen molar-refractivity contribution in [2.75, 3.05) is 13.2 Å². The maximum absolute atomic E-state index is 13.0. The normalized spacial score (nSPS) is 13.1. The molecule has 0 aliphatic rings. The van der Waals surface area contributed by atoms with Gasteiger partial charge in [-0.15, -0.1) is 0 Å². The molecule has 0 saturated heterocycles. The lowest BCUT2D eigenvalue weighted by atomic mass is 10.1. The number of ether oxygens (including phenoxy) is 1. The predicted molar refractivity (Wildman–Crippen MR) is 131 cm³/mol. The Balaban J connectivity index is 2.09. The van der Waals surface area contributed by atoms with Crippen LogP contribution in [0.4, 0.5) is 0 Å². The average molecular weight is 499 g/mol. The third-order valence-electron chi connectivity index (χ3n) is 5.13. The van der Waals surface area contributed by atoms with Crippen molar-refractivity contribution < 1.29 is 31.3 Å². The predicted octanol–water partition coefficient (Wildman–Crippen LogP) is 6.62. The van der Waals surface area contributed by atoms with Gasteiger partial charge in [0.2, 0.25) is 0 Å². The lowest BCUT2D eigenvalue weighted by Gasteiger charge is -2.24. The highest BCUT2D eigenvalue weighted by atomic mass is 32.2. The molecule has 0 radical (unpaired) electrons. The van der Waals surface area contributed by atoms with Crippen molar-refractivity contribution in [2.24, 2.45) is 0 Å². The van der Waals surface area contributed by atoms with E-state index in [0.717, 1.165) is 36.1 Å². The molecule has 1 atom stereocenters. The molecule has 0 aliphatic carbocycles. The zero-order valence-corrected chi connectivity index (χ0v) is 21.3. The van der Waals surface area contributed by atoms with E-state index in [1.54, 1.807) is 13.8 Å². The Kier molecular flexibility index (Phi) is 11.1. The third kappa shape index (κ3) is 8.54. The second-order valence-corrected chi connectivity index (χ2v) is 11.9. The molecule has 1 unspecified atom stereocenters. The number of rotatable bonds is 15. The van der Waals surface area contributed by atoms with Gasteiger partial charge in [0.1, 0.15) is 11.5 Å². The molecule has 33 heavy (non-hydrogen) atoms. The summed E-state index contributed by atoms with van der Waals surface area (Å²) < 4.78 is 63.0. The Labute approximate surface area is 197 Å². The van der Waals surface area contributed by atoms with Crippen LogP contribution < -0.4 is 4.74 Å². The fourth-order valence-corrected chi connectivity index (χ4v) is 7.34. The van der Waals surface area contributed by atoms with Crippen LogP contribution >= 0.6 is 7.60 Å². The maximum atomic E-state index is 13.0. The first-order valence-electron chi connectivity index (χ1n) is 11.4. The van der Waals surface area contributed by atoms with E-state index in [1.807, 2.05) is 42.5 Å². The minimum absolute atomic E-state index is 0.0163. The van der Waals surface area contributed by atoms with E-state index in [0.29, 0.717) is 18.6 Å². The molecular formula is C24H35O7PS. The Hall–Kier alpha value is -1.70. The van der Waals surface area contributed by atoms with Crippen LogP contribution in [0.25, 0.3) is 0 Å². The first-order valence-corrected chi connectivity index (χ1v) is 14.5. The van der Waals surface area contributed by atoms with Crippen molar-refractivity contribution in [2.45, 2.75) is 64.3 Å². The lowest BCUT2D eigenvalue weighted by molar-refractivity contribution is 0.215. The standard InChI is InChI=1S/C24H35O7PS/c1-4-7-14-21-15-8-9-17-23(21)31-22-16-10-12-20(19-22)13-11-18-24(33(26,27)28)32(25,29-5-2)30-6-3/h8-10,12,15-17,19,24H,4-7,11,13-14,18H2,1-3H3,(H,26,27,28). The fraction of sp³-hybridized carbons (Fsp3) is 0.500. The summed E-state index contributed by atoms with van der Waals surface area (Å²) in [5.41, 5.74) is 2.10. The van der Waals surface area contributed by atoms with Gasteiger partial charge in [0.05, 0.1) is 13.2 Å². The Morgan fingerprint density at radius 2 is 1.64 bits per heavy atom. The maximum Gasteiger partial charge on any atom is 0.351 e. The highest BCUT2D eigenvalue weighted by Crippen LogP contribution is 2.56. The molecule has 7 nitrogen and oxygen atoms in total. The van der Waals surface area contributed by atoms with Gasteiger partial charge in [-0.1, -0.05) is 43.7 Å². The molecule has 0 amide bonds. The Morgan fingerprint density at radius 3 is 2.27 bits per heavy atom. The molecule has 184 valence electrons. The van der Waals surface area contributed by atoms with Crippen LogP contribution in [0.1, 0.15) is 57.6 Å². The minimum Gasteiger partial charge on any atom is -0.457 e. The molecule has 0 aromatic heterocycles. The van der Waals surface area contributed by atoms with Gasteiger partial charge in [-0.3, -0.25) is 9.12 Å². The van der Waals surface area contributed by atoms with E-state index in [9.17, 15) is 17.5 Å². The van der Waals surface area contributed by atoms with E-state index in [1.165, 1.54) is 0 Å². The van der Waals surface area contributed by atoms with Crippen molar-refractivity contribution in [3.05, 3.63) is 59.7 Å². The molecule has 0 aliphatic heterocycles. The molecule has 0 heterocycles.